The lowest BCUT2D eigenvalue weighted by Crippen LogP contribution is -2.13. The summed E-state index contributed by atoms with van der Waals surface area (Å²) < 4.78 is 12.4. The zero-order valence-corrected chi connectivity index (χ0v) is 16.3. The number of ether oxygens (including phenoxy) is 2. The fourth-order valence-corrected chi connectivity index (χ4v) is 3.39. The van der Waals surface area contributed by atoms with Gasteiger partial charge in [-0.25, -0.2) is 4.79 Å². The molecule has 0 saturated carbocycles. The summed E-state index contributed by atoms with van der Waals surface area (Å²) in [4.78, 5) is 24.6. The normalized spacial score (nSPS) is 10.9. The zero-order chi connectivity index (χ0) is 19.7. The maximum Gasteiger partial charge on any atom is 0.338 e. The molecule has 0 aliphatic rings. The molecule has 0 spiro atoms. The average molecular weight is 365 g/mol. The van der Waals surface area contributed by atoms with E-state index in [0.29, 0.717) is 16.8 Å². The van der Waals surface area contributed by atoms with Crippen molar-refractivity contribution in [3.8, 4) is 16.9 Å². The lowest BCUT2D eigenvalue weighted by molar-refractivity contribution is 0.0525. The molecule has 0 saturated heterocycles. The Labute approximate surface area is 158 Å². The summed E-state index contributed by atoms with van der Waals surface area (Å²) in [5, 5.41) is 0. The van der Waals surface area contributed by atoms with Gasteiger partial charge in [-0.05, 0) is 61.7 Å². The van der Waals surface area contributed by atoms with Crippen LogP contribution in [0.15, 0.2) is 36.5 Å². The van der Waals surface area contributed by atoms with Gasteiger partial charge in [-0.15, -0.1) is 0 Å². The first-order valence-electron chi connectivity index (χ1n) is 8.85. The number of aromatic nitrogens is 1. The Morgan fingerprint density at radius 3 is 2.41 bits per heavy atom. The number of pyridine rings is 1. The highest BCUT2D eigenvalue weighted by atomic mass is 16.5. The second-order valence-electron chi connectivity index (χ2n) is 6.57. The average Bonchev–Trinajstić information content (AvgIpc) is 3.03. The van der Waals surface area contributed by atoms with Gasteiger partial charge in [-0.1, -0.05) is 6.07 Å². The van der Waals surface area contributed by atoms with E-state index in [1.165, 1.54) is 6.92 Å². The highest BCUT2D eigenvalue weighted by Gasteiger charge is 2.20. The van der Waals surface area contributed by atoms with E-state index in [2.05, 4.69) is 6.07 Å². The topological polar surface area (TPSA) is 57.0 Å². The third-order valence-corrected chi connectivity index (χ3v) is 4.59. The molecule has 0 N–H and O–H groups in total. The molecule has 0 aliphatic heterocycles. The van der Waals surface area contributed by atoms with E-state index < -0.39 is 5.97 Å². The largest absolute Gasteiger partial charge is 0.497 e. The minimum atomic E-state index is -0.417. The Morgan fingerprint density at radius 1 is 1.04 bits per heavy atom. The van der Waals surface area contributed by atoms with Gasteiger partial charge in [0.2, 0.25) is 0 Å². The van der Waals surface area contributed by atoms with Crippen LogP contribution < -0.4 is 4.74 Å². The summed E-state index contributed by atoms with van der Waals surface area (Å²) in [5.74, 6) is 0.253. The van der Waals surface area contributed by atoms with Crippen LogP contribution in [0.4, 0.5) is 0 Å². The second-order valence-corrected chi connectivity index (χ2v) is 6.57. The number of Topliss-reactive ketones (excluding diaryl/α,β-unsaturated/α-hetero) is 1. The molecule has 3 aromatic rings. The van der Waals surface area contributed by atoms with Crippen LogP contribution in [-0.4, -0.2) is 29.9 Å². The van der Waals surface area contributed by atoms with E-state index in [-0.39, 0.29) is 12.4 Å². The molecule has 2 heterocycles. The summed E-state index contributed by atoms with van der Waals surface area (Å²) in [6.07, 6.45) is 1.92. The maximum absolute atomic E-state index is 12.3. The molecular weight excluding hydrogens is 342 g/mol. The van der Waals surface area contributed by atoms with Crippen LogP contribution in [0.2, 0.25) is 0 Å². The standard InChI is InChI=1S/C22H23NO4/c1-6-27-22(25)20-11-18-9-17(12-23(18)21(14(20)3)15(4)24)16-7-13(2)8-19(10-16)26-5/h7-12H,6H2,1-5H3. The van der Waals surface area contributed by atoms with Crippen molar-refractivity contribution in [3.05, 3.63) is 58.9 Å². The number of carbonyl (C=O) groups is 2. The minimum Gasteiger partial charge on any atom is -0.497 e. The van der Waals surface area contributed by atoms with Crippen molar-refractivity contribution in [1.82, 2.24) is 4.40 Å². The van der Waals surface area contributed by atoms with E-state index >= 15 is 0 Å². The van der Waals surface area contributed by atoms with Crippen LogP contribution in [0, 0.1) is 13.8 Å². The molecule has 0 amide bonds. The Hall–Kier alpha value is -3.08. The molecule has 0 unspecified atom stereocenters. The smallest absolute Gasteiger partial charge is 0.338 e. The predicted molar refractivity (Wildman–Crippen MR) is 105 cm³/mol. The number of hydrogen-bond acceptors (Lipinski definition) is 4. The van der Waals surface area contributed by atoms with Gasteiger partial charge in [0.15, 0.2) is 5.78 Å². The van der Waals surface area contributed by atoms with Crippen molar-refractivity contribution in [2.45, 2.75) is 27.7 Å². The number of benzene rings is 1. The number of hydrogen-bond donors (Lipinski definition) is 0. The number of esters is 1. The predicted octanol–water partition coefficient (Wildman–Crippen LogP) is 4.61. The van der Waals surface area contributed by atoms with Gasteiger partial charge in [0, 0.05) is 24.2 Å². The monoisotopic (exact) mass is 365 g/mol. The Balaban J connectivity index is 2.25. The Kier molecular flexibility index (Phi) is 5.04. The quantitative estimate of drug-likeness (QED) is 0.489. The van der Waals surface area contributed by atoms with Crippen LogP contribution >= 0.6 is 0 Å². The molecule has 2 aromatic heterocycles. The van der Waals surface area contributed by atoms with Crippen molar-refractivity contribution >= 4 is 17.3 Å². The first kappa shape index (κ1) is 18.7. The Morgan fingerprint density at radius 2 is 1.78 bits per heavy atom. The van der Waals surface area contributed by atoms with Crippen molar-refractivity contribution in [2.24, 2.45) is 0 Å². The molecule has 27 heavy (non-hydrogen) atoms. The van der Waals surface area contributed by atoms with Crippen LogP contribution in [0.25, 0.3) is 16.6 Å². The third kappa shape index (κ3) is 3.45. The number of methoxy groups -OCH3 is 1. The van der Waals surface area contributed by atoms with E-state index in [4.69, 9.17) is 9.47 Å². The fraction of sp³-hybridized carbons (Fsp3) is 0.273. The summed E-state index contributed by atoms with van der Waals surface area (Å²) >= 11 is 0. The first-order chi connectivity index (χ1) is 12.8. The maximum atomic E-state index is 12.3. The van der Waals surface area contributed by atoms with Crippen LogP contribution in [0.1, 0.15) is 45.8 Å². The van der Waals surface area contributed by atoms with Crippen molar-refractivity contribution in [1.29, 1.82) is 0 Å². The van der Waals surface area contributed by atoms with Gasteiger partial charge >= 0.3 is 5.97 Å². The SMILES string of the molecule is CCOC(=O)c1cc2cc(-c3cc(C)cc(OC)c3)cn2c(C(C)=O)c1C. The number of ketones is 1. The first-order valence-corrected chi connectivity index (χ1v) is 8.85. The molecule has 5 nitrogen and oxygen atoms in total. The summed E-state index contributed by atoms with van der Waals surface area (Å²) in [6, 6.07) is 9.71. The summed E-state index contributed by atoms with van der Waals surface area (Å²) in [7, 11) is 1.64. The highest BCUT2D eigenvalue weighted by molar-refractivity contribution is 6.01. The molecule has 0 radical (unpaired) electrons. The minimum absolute atomic E-state index is 0.104. The molecule has 140 valence electrons. The van der Waals surface area contributed by atoms with Crippen LogP contribution in [0.3, 0.4) is 0 Å². The molecule has 0 atom stereocenters. The Bertz CT molecular complexity index is 1050. The number of nitrogens with zero attached hydrogens (tertiary/aromatic N) is 1. The van der Waals surface area contributed by atoms with Gasteiger partial charge in [0.05, 0.1) is 25.0 Å². The van der Waals surface area contributed by atoms with Gasteiger partial charge in [-0.3, -0.25) is 4.79 Å². The molecule has 5 heteroatoms. The summed E-state index contributed by atoms with van der Waals surface area (Å²) in [5.41, 5.74) is 5.30. The number of fused-ring (bicyclic) bond motifs is 1. The lowest BCUT2D eigenvalue weighted by atomic mass is 10.0. The van der Waals surface area contributed by atoms with Gasteiger partial charge in [-0.2, -0.15) is 0 Å². The third-order valence-electron chi connectivity index (χ3n) is 4.59. The van der Waals surface area contributed by atoms with Crippen molar-refractivity contribution in [3.63, 3.8) is 0 Å². The van der Waals surface area contributed by atoms with E-state index in [1.54, 1.807) is 27.0 Å². The van der Waals surface area contributed by atoms with Crippen LogP contribution in [0.5, 0.6) is 5.75 Å². The van der Waals surface area contributed by atoms with Crippen molar-refractivity contribution in [2.75, 3.05) is 13.7 Å². The molecule has 0 aliphatic carbocycles. The molecule has 0 fully saturated rings. The molecule has 3 rings (SSSR count). The number of rotatable bonds is 5. The summed E-state index contributed by atoms with van der Waals surface area (Å²) in [6.45, 7) is 7.34. The lowest BCUT2D eigenvalue weighted by Gasteiger charge is -2.12. The van der Waals surface area contributed by atoms with Gasteiger partial charge in [0.25, 0.3) is 0 Å². The van der Waals surface area contributed by atoms with Crippen LogP contribution in [-0.2, 0) is 4.74 Å². The zero-order valence-electron chi connectivity index (χ0n) is 16.3. The van der Waals surface area contributed by atoms with Gasteiger partial charge < -0.3 is 13.9 Å². The number of carbonyl (C=O) groups excluding carboxylic acids is 2. The second kappa shape index (κ2) is 7.27. The molecular formula is C22H23NO4. The molecule has 1 aromatic carbocycles. The molecule has 0 bridgehead atoms. The van der Waals surface area contributed by atoms with E-state index in [0.717, 1.165) is 28.0 Å². The van der Waals surface area contributed by atoms with E-state index in [9.17, 15) is 9.59 Å². The van der Waals surface area contributed by atoms with Gasteiger partial charge in [0.1, 0.15) is 5.75 Å². The fourth-order valence-electron chi connectivity index (χ4n) is 3.39. The van der Waals surface area contributed by atoms with E-state index in [1.807, 2.05) is 35.7 Å². The highest BCUT2D eigenvalue weighted by Crippen LogP contribution is 2.30. The van der Waals surface area contributed by atoms with Crippen molar-refractivity contribution < 1.29 is 19.1 Å². The number of aryl methyl sites for hydroxylation is 1.